The average Bonchev–Trinajstić information content (AvgIpc) is 3.08. The second-order valence-electron chi connectivity index (χ2n) is 8.12. The van der Waals surface area contributed by atoms with E-state index in [1.54, 1.807) is 13.8 Å². The number of carbonyl (C=O) groups is 2. The van der Waals surface area contributed by atoms with Crippen molar-refractivity contribution in [2.45, 2.75) is 37.4 Å². The SMILES string of the molecule is CC(C)Oc1ccc(S(=O)(=O)N2CCOCC2)cc1NC(=O)C1CC(=O)N(CC(F)(F)F)C1. The van der Waals surface area contributed by atoms with Gasteiger partial charge >= 0.3 is 6.18 Å². The number of sulfonamides is 1. The summed E-state index contributed by atoms with van der Waals surface area (Å²) >= 11 is 0. The minimum atomic E-state index is -4.57. The van der Waals surface area contributed by atoms with Crippen molar-refractivity contribution in [3.05, 3.63) is 18.2 Å². The van der Waals surface area contributed by atoms with Crippen molar-refractivity contribution in [3.63, 3.8) is 0 Å². The highest BCUT2D eigenvalue weighted by atomic mass is 32.2. The number of morpholine rings is 1. The van der Waals surface area contributed by atoms with Crippen molar-refractivity contribution in [2.75, 3.05) is 44.7 Å². The van der Waals surface area contributed by atoms with E-state index in [0.717, 1.165) is 0 Å². The number of ether oxygens (including phenoxy) is 2. The van der Waals surface area contributed by atoms with Crippen molar-refractivity contribution in [3.8, 4) is 5.75 Å². The second kappa shape index (κ2) is 9.85. The van der Waals surface area contributed by atoms with Gasteiger partial charge in [0.05, 0.1) is 35.8 Å². The monoisotopic (exact) mass is 493 g/mol. The lowest BCUT2D eigenvalue weighted by molar-refractivity contribution is -0.157. The molecule has 2 fully saturated rings. The second-order valence-corrected chi connectivity index (χ2v) is 10.1. The standard InChI is InChI=1S/C20H26F3N3O6S/c1-13(2)32-17-4-3-15(33(29,30)26-5-7-31-8-6-26)10-16(17)24-19(28)14-9-18(27)25(11-14)12-20(21,22)23/h3-4,10,13-14H,5-9,11-12H2,1-2H3,(H,24,28). The predicted octanol–water partition coefficient (Wildman–Crippen LogP) is 1.84. The maximum Gasteiger partial charge on any atom is 0.406 e. The number of nitrogens with zero attached hydrogens (tertiary/aromatic N) is 2. The van der Waals surface area contributed by atoms with Gasteiger partial charge in [0.25, 0.3) is 0 Å². The molecule has 1 unspecified atom stereocenters. The number of hydrogen-bond acceptors (Lipinski definition) is 6. The Labute approximate surface area is 189 Å². The maximum atomic E-state index is 13.0. The molecule has 13 heteroatoms. The molecule has 1 N–H and O–H groups in total. The third-order valence-electron chi connectivity index (χ3n) is 5.13. The van der Waals surface area contributed by atoms with E-state index >= 15 is 0 Å². The molecule has 2 saturated heterocycles. The number of likely N-dealkylation sites (tertiary alicyclic amines) is 1. The van der Waals surface area contributed by atoms with Gasteiger partial charge in [0, 0.05) is 26.1 Å². The van der Waals surface area contributed by atoms with E-state index in [1.807, 2.05) is 0 Å². The summed E-state index contributed by atoms with van der Waals surface area (Å²) in [6, 6.07) is 4.03. The van der Waals surface area contributed by atoms with Gasteiger partial charge in [-0.1, -0.05) is 0 Å². The number of alkyl halides is 3. The molecule has 0 spiro atoms. The number of carbonyl (C=O) groups excluding carboxylic acids is 2. The molecule has 2 heterocycles. The highest BCUT2D eigenvalue weighted by molar-refractivity contribution is 7.89. The zero-order valence-electron chi connectivity index (χ0n) is 18.2. The number of amides is 2. The molecule has 33 heavy (non-hydrogen) atoms. The largest absolute Gasteiger partial charge is 0.489 e. The molecule has 9 nitrogen and oxygen atoms in total. The van der Waals surface area contributed by atoms with Crippen LogP contribution in [0.3, 0.4) is 0 Å². The van der Waals surface area contributed by atoms with Gasteiger partial charge in [-0.15, -0.1) is 0 Å². The Kier molecular flexibility index (Phi) is 7.54. The van der Waals surface area contributed by atoms with Crippen LogP contribution in [-0.2, 0) is 24.3 Å². The molecule has 2 aliphatic rings. The van der Waals surface area contributed by atoms with Gasteiger partial charge in [-0.25, -0.2) is 8.42 Å². The van der Waals surface area contributed by atoms with Crippen LogP contribution < -0.4 is 10.1 Å². The third kappa shape index (κ3) is 6.36. The van der Waals surface area contributed by atoms with Gasteiger partial charge in [-0.3, -0.25) is 9.59 Å². The van der Waals surface area contributed by atoms with E-state index in [2.05, 4.69) is 5.32 Å². The summed E-state index contributed by atoms with van der Waals surface area (Å²) < 4.78 is 76.1. The Morgan fingerprint density at radius 3 is 2.55 bits per heavy atom. The quantitative estimate of drug-likeness (QED) is 0.622. The summed E-state index contributed by atoms with van der Waals surface area (Å²) in [6.45, 7) is 2.59. The molecule has 0 saturated carbocycles. The number of benzene rings is 1. The first-order valence-corrected chi connectivity index (χ1v) is 11.8. The van der Waals surface area contributed by atoms with Crippen LogP contribution in [0.15, 0.2) is 23.1 Å². The number of anilines is 1. The third-order valence-corrected chi connectivity index (χ3v) is 7.03. The fourth-order valence-corrected chi connectivity index (χ4v) is 5.05. The molecule has 0 radical (unpaired) electrons. The van der Waals surface area contributed by atoms with E-state index in [0.29, 0.717) is 4.90 Å². The van der Waals surface area contributed by atoms with Gasteiger partial charge in [0.2, 0.25) is 21.8 Å². The zero-order chi connectivity index (χ0) is 24.4. The number of rotatable bonds is 7. The smallest absolute Gasteiger partial charge is 0.406 e. The Morgan fingerprint density at radius 2 is 1.94 bits per heavy atom. The molecule has 2 aliphatic heterocycles. The van der Waals surface area contributed by atoms with E-state index in [4.69, 9.17) is 9.47 Å². The lowest BCUT2D eigenvalue weighted by Gasteiger charge is -2.26. The molecule has 1 atom stereocenters. The summed E-state index contributed by atoms with van der Waals surface area (Å²) in [7, 11) is -3.86. The van der Waals surface area contributed by atoms with Gasteiger partial charge in [0.15, 0.2) is 0 Å². The summed E-state index contributed by atoms with van der Waals surface area (Å²) in [4.78, 5) is 25.2. The Morgan fingerprint density at radius 1 is 1.27 bits per heavy atom. The fraction of sp³-hybridized carbons (Fsp3) is 0.600. The zero-order valence-corrected chi connectivity index (χ0v) is 19.0. The van der Waals surface area contributed by atoms with Crippen molar-refractivity contribution in [1.82, 2.24) is 9.21 Å². The first-order valence-electron chi connectivity index (χ1n) is 10.4. The lowest BCUT2D eigenvalue weighted by Crippen LogP contribution is -2.40. The van der Waals surface area contributed by atoms with E-state index in [-0.39, 0.29) is 61.7 Å². The fourth-order valence-electron chi connectivity index (χ4n) is 3.61. The van der Waals surface area contributed by atoms with Gasteiger partial charge in [-0.05, 0) is 32.0 Å². The summed E-state index contributed by atoms with van der Waals surface area (Å²) in [5, 5.41) is 2.55. The average molecular weight is 494 g/mol. The normalized spacial score (nSPS) is 20.4. The van der Waals surface area contributed by atoms with Crippen LogP contribution >= 0.6 is 0 Å². The summed E-state index contributed by atoms with van der Waals surface area (Å²) in [6.07, 6.45) is -5.23. The van der Waals surface area contributed by atoms with Crippen LogP contribution in [-0.4, -0.2) is 81.1 Å². The van der Waals surface area contributed by atoms with Crippen molar-refractivity contribution in [2.24, 2.45) is 5.92 Å². The van der Waals surface area contributed by atoms with Crippen LogP contribution in [0.5, 0.6) is 5.75 Å². The predicted molar refractivity (Wildman–Crippen MR) is 111 cm³/mol. The molecule has 2 amide bonds. The number of halogens is 3. The molecule has 1 aromatic rings. The summed E-state index contributed by atoms with van der Waals surface area (Å²) in [5.41, 5.74) is 0.0600. The van der Waals surface area contributed by atoms with Gasteiger partial charge in [0.1, 0.15) is 12.3 Å². The summed E-state index contributed by atoms with van der Waals surface area (Å²) in [5.74, 6) is -2.26. The molecular weight excluding hydrogens is 467 g/mol. The minimum absolute atomic E-state index is 0.0600. The minimum Gasteiger partial charge on any atom is -0.489 e. The van der Waals surface area contributed by atoms with Crippen LogP contribution in [0.4, 0.5) is 18.9 Å². The molecule has 3 rings (SSSR count). The van der Waals surface area contributed by atoms with Crippen molar-refractivity contribution in [1.29, 1.82) is 0 Å². The van der Waals surface area contributed by atoms with Crippen molar-refractivity contribution >= 4 is 27.5 Å². The topological polar surface area (TPSA) is 105 Å². The highest BCUT2D eigenvalue weighted by Gasteiger charge is 2.40. The van der Waals surface area contributed by atoms with E-state index in [9.17, 15) is 31.2 Å². The van der Waals surface area contributed by atoms with Gasteiger partial charge in [-0.2, -0.15) is 17.5 Å². The first-order chi connectivity index (χ1) is 15.4. The Hall–Kier alpha value is -2.38. The Bertz CT molecular complexity index is 993. The highest BCUT2D eigenvalue weighted by Crippen LogP contribution is 2.32. The first kappa shape index (κ1) is 25.2. The van der Waals surface area contributed by atoms with E-state index in [1.165, 1.54) is 22.5 Å². The van der Waals surface area contributed by atoms with E-state index < -0.39 is 40.5 Å². The molecular formula is C20H26F3N3O6S. The molecule has 0 aromatic heterocycles. The molecule has 184 valence electrons. The van der Waals surface area contributed by atoms with Crippen LogP contribution in [0, 0.1) is 5.92 Å². The Balaban J connectivity index is 1.82. The molecule has 1 aromatic carbocycles. The number of nitrogens with one attached hydrogen (secondary N) is 1. The van der Waals surface area contributed by atoms with Crippen molar-refractivity contribution < 1.29 is 40.7 Å². The van der Waals surface area contributed by atoms with Crippen LogP contribution in [0.25, 0.3) is 0 Å². The van der Waals surface area contributed by atoms with Crippen LogP contribution in [0.1, 0.15) is 20.3 Å². The molecule has 0 bridgehead atoms. The lowest BCUT2D eigenvalue weighted by atomic mass is 10.1. The maximum absolute atomic E-state index is 13.0. The molecule has 0 aliphatic carbocycles. The van der Waals surface area contributed by atoms with Gasteiger partial charge < -0.3 is 19.7 Å². The number of hydrogen-bond donors (Lipinski definition) is 1. The van der Waals surface area contributed by atoms with Crippen LogP contribution in [0.2, 0.25) is 0 Å².